The summed E-state index contributed by atoms with van der Waals surface area (Å²) in [6.07, 6.45) is -3.70. The zero-order chi connectivity index (χ0) is 20.0. The van der Waals surface area contributed by atoms with Crippen LogP contribution in [0.15, 0.2) is 47.6 Å². The summed E-state index contributed by atoms with van der Waals surface area (Å²) in [7, 11) is 0. The van der Waals surface area contributed by atoms with E-state index in [1.54, 1.807) is 6.92 Å². The molecule has 2 aromatic rings. The van der Waals surface area contributed by atoms with Crippen LogP contribution in [0.4, 0.5) is 17.6 Å². The maximum absolute atomic E-state index is 12.9. The Bertz CT molecular complexity index is 793. The molecule has 0 spiro atoms. The molecule has 0 aliphatic carbocycles. The van der Waals surface area contributed by atoms with Gasteiger partial charge in [0.1, 0.15) is 5.82 Å². The standard InChI is InChI=1S/C18H16F4N2O2S/c1-11(8-15(25)12-2-5-14(19)6-3-12)24-16(26)10-27-17-7-4-13(9-23-17)18(20,21)22/h2-7,9,11H,8,10H2,1H3,(H,24,26)/t11-/m0/s1. The number of carbonyl (C=O) groups excluding carboxylic acids is 2. The van der Waals surface area contributed by atoms with Crippen LogP contribution in [0, 0.1) is 5.82 Å². The van der Waals surface area contributed by atoms with Crippen LogP contribution in [0.2, 0.25) is 0 Å². The van der Waals surface area contributed by atoms with Crippen LogP contribution >= 0.6 is 11.8 Å². The molecule has 1 aromatic heterocycles. The number of hydrogen-bond donors (Lipinski definition) is 1. The number of benzene rings is 1. The van der Waals surface area contributed by atoms with E-state index in [0.717, 1.165) is 17.8 Å². The maximum atomic E-state index is 12.9. The van der Waals surface area contributed by atoms with E-state index in [0.29, 0.717) is 11.8 Å². The lowest BCUT2D eigenvalue weighted by molar-refractivity contribution is -0.137. The van der Waals surface area contributed by atoms with Crippen molar-refractivity contribution in [3.8, 4) is 0 Å². The summed E-state index contributed by atoms with van der Waals surface area (Å²) in [5.74, 6) is -1.10. The molecule has 0 aliphatic heterocycles. The third-order valence-electron chi connectivity index (χ3n) is 3.48. The Morgan fingerprint density at radius 2 is 1.81 bits per heavy atom. The zero-order valence-corrected chi connectivity index (χ0v) is 15.0. The molecule has 1 heterocycles. The van der Waals surface area contributed by atoms with E-state index in [2.05, 4.69) is 10.3 Å². The summed E-state index contributed by atoms with van der Waals surface area (Å²) in [4.78, 5) is 27.6. The van der Waals surface area contributed by atoms with Gasteiger partial charge in [-0.15, -0.1) is 0 Å². The van der Waals surface area contributed by atoms with Crippen molar-refractivity contribution in [2.75, 3.05) is 5.75 Å². The van der Waals surface area contributed by atoms with E-state index >= 15 is 0 Å². The summed E-state index contributed by atoms with van der Waals surface area (Å²) < 4.78 is 50.3. The Morgan fingerprint density at radius 3 is 2.37 bits per heavy atom. The van der Waals surface area contributed by atoms with Crippen LogP contribution in [0.25, 0.3) is 0 Å². The van der Waals surface area contributed by atoms with Crippen molar-refractivity contribution in [3.05, 3.63) is 59.5 Å². The molecule has 0 bridgehead atoms. The van der Waals surface area contributed by atoms with Crippen molar-refractivity contribution >= 4 is 23.5 Å². The largest absolute Gasteiger partial charge is 0.417 e. The summed E-state index contributed by atoms with van der Waals surface area (Å²) >= 11 is 0.990. The lowest BCUT2D eigenvalue weighted by Gasteiger charge is -2.13. The Balaban J connectivity index is 1.79. The highest BCUT2D eigenvalue weighted by Crippen LogP contribution is 2.29. The van der Waals surface area contributed by atoms with Gasteiger partial charge in [-0.25, -0.2) is 9.37 Å². The quantitative estimate of drug-likeness (QED) is 0.432. The van der Waals surface area contributed by atoms with E-state index < -0.39 is 23.6 Å². The van der Waals surface area contributed by atoms with Crippen molar-refractivity contribution in [3.63, 3.8) is 0 Å². The molecular formula is C18H16F4N2O2S. The van der Waals surface area contributed by atoms with Crippen LogP contribution in [0.1, 0.15) is 29.3 Å². The predicted molar refractivity (Wildman–Crippen MR) is 92.9 cm³/mol. The van der Waals surface area contributed by atoms with Crippen LogP contribution < -0.4 is 5.32 Å². The SMILES string of the molecule is C[C@@H](CC(=O)c1ccc(F)cc1)NC(=O)CSc1ccc(C(F)(F)F)cn1. The Labute approximate surface area is 157 Å². The van der Waals surface area contributed by atoms with Gasteiger partial charge in [0.15, 0.2) is 5.78 Å². The lowest BCUT2D eigenvalue weighted by Crippen LogP contribution is -2.35. The van der Waals surface area contributed by atoms with Gasteiger partial charge in [0.2, 0.25) is 5.91 Å². The first-order valence-electron chi connectivity index (χ1n) is 7.89. The highest BCUT2D eigenvalue weighted by molar-refractivity contribution is 7.99. The number of Topliss-reactive ketones (excluding diaryl/α,β-unsaturated/α-hetero) is 1. The Morgan fingerprint density at radius 1 is 1.15 bits per heavy atom. The molecule has 1 atom stereocenters. The second-order valence-electron chi connectivity index (χ2n) is 5.77. The monoisotopic (exact) mass is 400 g/mol. The number of rotatable bonds is 7. The smallest absolute Gasteiger partial charge is 0.352 e. The van der Waals surface area contributed by atoms with Crippen LogP contribution in [0.5, 0.6) is 0 Å². The number of pyridine rings is 1. The fourth-order valence-electron chi connectivity index (χ4n) is 2.17. The van der Waals surface area contributed by atoms with Crippen molar-refractivity contribution in [2.24, 2.45) is 0 Å². The van der Waals surface area contributed by atoms with E-state index in [1.165, 1.54) is 30.3 Å². The minimum absolute atomic E-state index is 0.0422. The predicted octanol–water partition coefficient (Wildman–Crippen LogP) is 4.11. The highest BCUT2D eigenvalue weighted by Gasteiger charge is 2.30. The number of hydrogen-bond acceptors (Lipinski definition) is 4. The third kappa shape index (κ3) is 6.67. The summed E-state index contributed by atoms with van der Waals surface area (Å²) in [6, 6.07) is 6.76. The van der Waals surface area contributed by atoms with Crippen LogP contribution in [-0.2, 0) is 11.0 Å². The molecule has 144 valence electrons. The lowest BCUT2D eigenvalue weighted by atomic mass is 10.0. The first-order valence-corrected chi connectivity index (χ1v) is 8.88. The Hall–Kier alpha value is -2.42. The summed E-state index contributed by atoms with van der Waals surface area (Å²) in [5.41, 5.74) is -0.509. The molecular weight excluding hydrogens is 384 g/mol. The van der Waals surface area contributed by atoms with E-state index in [-0.39, 0.29) is 28.9 Å². The molecule has 2 rings (SSSR count). The van der Waals surface area contributed by atoms with Gasteiger partial charge in [-0.2, -0.15) is 13.2 Å². The molecule has 0 fully saturated rings. The van der Waals surface area contributed by atoms with Gasteiger partial charge >= 0.3 is 6.18 Å². The minimum Gasteiger partial charge on any atom is -0.352 e. The Kier molecular flexibility index (Phi) is 6.95. The molecule has 0 aliphatic rings. The van der Waals surface area contributed by atoms with Crippen molar-refractivity contribution in [1.29, 1.82) is 0 Å². The molecule has 1 amide bonds. The number of nitrogens with zero attached hydrogens (tertiary/aromatic N) is 1. The van der Waals surface area contributed by atoms with Crippen LogP contribution in [-0.4, -0.2) is 28.5 Å². The first-order chi connectivity index (χ1) is 12.6. The maximum Gasteiger partial charge on any atom is 0.417 e. The van der Waals surface area contributed by atoms with Crippen molar-refractivity contribution < 1.29 is 27.2 Å². The fraction of sp³-hybridized carbons (Fsp3) is 0.278. The topological polar surface area (TPSA) is 59.1 Å². The number of amides is 1. The van der Waals surface area contributed by atoms with Gasteiger partial charge in [-0.1, -0.05) is 11.8 Å². The molecule has 9 heteroatoms. The van der Waals surface area contributed by atoms with Gasteiger partial charge in [0, 0.05) is 24.2 Å². The number of thioether (sulfide) groups is 1. The number of carbonyl (C=O) groups is 2. The van der Waals surface area contributed by atoms with E-state index in [1.807, 2.05) is 0 Å². The van der Waals surface area contributed by atoms with Gasteiger partial charge < -0.3 is 5.32 Å². The molecule has 1 N–H and O–H groups in total. The third-order valence-corrected chi connectivity index (χ3v) is 4.42. The summed E-state index contributed by atoms with van der Waals surface area (Å²) in [5, 5.41) is 2.92. The second kappa shape index (κ2) is 8.98. The molecule has 1 aromatic carbocycles. The zero-order valence-electron chi connectivity index (χ0n) is 14.2. The number of nitrogens with one attached hydrogen (secondary N) is 1. The molecule has 0 radical (unpaired) electrons. The summed E-state index contributed by atoms with van der Waals surface area (Å²) in [6.45, 7) is 1.65. The van der Waals surface area contributed by atoms with Gasteiger partial charge in [-0.05, 0) is 43.3 Å². The van der Waals surface area contributed by atoms with Gasteiger partial charge in [0.05, 0.1) is 16.3 Å². The minimum atomic E-state index is -4.46. The van der Waals surface area contributed by atoms with Gasteiger partial charge in [0.25, 0.3) is 0 Å². The number of aromatic nitrogens is 1. The van der Waals surface area contributed by atoms with Crippen molar-refractivity contribution in [2.45, 2.75) is 30.6 Å². The van der Waals surface area contributed by atoms with E-state index in [4.69, 9.17) is 0 Å². The fourth-order valence-corrected chi connectivity index (χ4v) is 2.83. The molecule has 27 heavy (non-hydrogen) atoms. The van der Waals surface area contributed by atoms with Crippen molar-refractivity contribution in [1.82, 2.24) is 10.3 Å². The highest BCUT2D eigenvalue weighted by atomic mass is 32.2. The van der Waals surface area contributed by atoms with Crippen LogP contribution in [0.3, 0.4) is 0 Å². The molecule has 0 saturated heterocycles. The number of halogens is 4. The number of alkyl halides is 3. The average Bonchev–Trinajstić information content (AvgIpc) is 2.60. The van der Waals surface area contributed by atoms with Gasteiger partial charge in [-0.3, -0.25) is 9.59 Å². The molecule has 4 nitrogen and oxygen atoms in total. The first kappa shape index (κ1) is 20.9. The average molecular weight is 400 g/mol. The van der Waals surface area contributed by atoms with E-state index in [9.17, 15) is 27.2 Å². The number of ketones is 1. The molecule has 0 saturated carbocycles. The normalized spacial score (nSPS) is 12.5. The second-order valence-corrected chi connectivity index (χ2v) is 6.77. The molecule has 0 unspecified atom stereocenters.